The molecule has 1 heterocycles. The maximum absolute atomic E-state index is 6.28. The molecule has 1 aliphatic rings. The second-order valence-electron chi connectivity index (χ2n) is 12.1. The third-order valence-electron chi connectivity index (χ3n) is 8.96. The van der Waals surface area contributed by atoms with Gasteiger partial charge in [0.25, 0.3) is 0 Å². The van der Waals surface area contributed by atoms with Crippen molar-refractivity contribution in [3.05, 3.63) is 178 Å². The molecule has 7 rings (SSSR count). The van der Waals surface area contributed by atoms with Gasteiger partial charge in [0, 0.05) is 26.8 Å². The molecular formula is C45H37NS. The average molecular weight is 624 g/mol. The van der Waals surface area contributed by atoms with Crippen molar-refractivity contribution in [1.82, 2.24) is 0 Å². The molecule has 1 aromatic heterocycles. The van der Waals surface area contributed by atoms with Crippen LogP contribution in [0.3, 0.4) is 0 Å². The Kier molecular flexibility index (Phi) is 8.74. The molecule has 0 saturated heterocycles. The van der Waals surface area contributed by atoms with Gasteiger partial charge in [0.1, 0.15) is 0 Å². The van der Waals surface area contributed by atoms with Gasteiger partial charge in [0.15, 0.2) is 0 Å². The van der Waals surface area contributed by atoms with E-state index in [0.29, 0.717) is 0 Å². The first-order valence-corrected chi connectivity index (χ1v) is 17.1. The van der Waals surface area contributed by atoms with Crippen molar-refractivity contribution in [1.29, 1.82) is 0 Å². The maximum atomic E-state index is 6.28. The quantitative estimate of drug-likeness (QED) is 0.120. The summed E-state index contributed by atoms with van der Waals surface area (Å²) in [5, 5.41) is 2.49. The molecule has 5 aromatic carbocycles. The predicted octanol–water partition coefficient (Wildman–Crippen LogP) is 12.5. The predicted molar refractivity (Wildman–Crippen MR) is 205 cm³/mol. The number of para-hydroxylation sites is 2. The largest absolute Gasteiger partial charge is 0.310 e. The smallest absolute Gasteiger partial charge is 0.0732 e. The Morgan fingerprint density at radius 3 is 2.34 bits per heavy atom. The monoisotopic (exact) mass is 623 g/mol. The summed E-state index contributed by atoms with van der Waals surface area (Å²) in [5.74, 6) is 2.99. The molecule has 47 heavy (non-hydrogen) atoms. The summed E-state index contributed by atoms with van der Waals surface area (Å²) < 4.78 is 0. The number of nitrogens with zero attached hydrogens (tertiary/aromatic N) is 1. The molecule has 6 aromatic rings. The lowest BCUT2D eigenvalue weighted by molar-refractivity contribution is 0.992. The van der Waals surface area contributed by atoms with Crippen LogP contribution in [0.25, 0.3) is 28.0 Å². The van der Waals surface area contributed by atoms with Crippen LogP contribution in [0.5, 0.6) is 0 Å². The average Bonchev–Trinajstić information content (AvgIpc) is 3.56. The summed E-state index contributed by atoms with van der Waals surface area (Å²) in [6.07, 6.45) is 17.6. The van der Waals surface area contributed by atoms with E-state index < -0.39 is 0 Å². The van der Waals surface area contributed by atoms with Crippen molar-refractivity contribution >= 4 is 56.4 Å². The van der Waals surface area contributed by atoms with Gasteiger partial charge in [0.05, 0.1) is 5.92 Å². The highest BCUT2D eigenvalue weighted by Crippen LogP contribution is 2.39. The van der Waals surface area contributed by atoms with Crippen LogP contribution in [-0.4, -0.2) is 0 Å². The lowest BCUT2D eigenvalue weighted by Gasteiger charge is -2.27. The van der Waals surface area contributed by atoms with E-state index in [4.69, 9.17) is 6.42 Å². The van der Waals surface area contributed by atoms with E-state index in [1.165, 1.54) is 42.8 Å². The molecular weight excluding hydrogens is 587 g/mol. The number of benzene rings is 5. The van der Waals surface area contributed by atoms with Crippen LogP contribution in [-0.2, 0) is 6.42 Å². The van der Waals surface area contributed by atoms with Gasteiger partial charge in [0.2, 0.25) is 0 Å². The van der Waals surface area contributed by atoms with Crippen LogP contribution in [0.1, 0.15) is 51.3 Å². The van der Waals surface area contributed by atoms with E-state index in [1.807, 2.05) is 11.3 Å². The van der Waals surface area contributed by atoms with E-state index >= 15 is 0 Å². The van der Waals surface area contributed by atoms with Crippen molar-refractivity contribution in [2.45, 2.75) is 32.6 Å². The molecule has 1 atom stereocenters. The van der Waals surface area contributed by atoms with Gasteiger partial charge in [-0.05, 0) is 113 Å². The number of hydrogen-bond acceptors (Lipinski definition) is 2. The number of terminal acetylenes is 1. The first-order valence-electron chi connectivity index (χ1n) is 16.2. The Morgan fingerprint density at radius 1 is 0.830 bits per heavy atom. The molecule has 0 spiro atoms. The summed E-state index contributed by atoms with van der Waals surface area (Å²) in [6.45, 7) is 4.37. The molecule has 1 nitrogen and oxygen atoms in total. The minimum Gasteiger partial charge on any atom is -0.310 e. The summed E-state index contributed by atoms with van der Waals surface area (Å²) in [7, 11) is 0. The Balaban J connectivity index is 1.33. The second kappa shape index (κ2) is 13.6. The van der Waals surface area contributed by atoms with Crippen LogP contribution in [0.2, 0.25) is 0 Å². The molecule has 1 aliphatic carbocycles. The fraction of sp³-hybridized carbons (Fsp3) is 0.111. The zero-order valence-corrected chi connectivity index (χ0v) is 27.7. The molecule has 1 unspecified atom stereocenters. The Morgan fingerprint density at radius 2 is 1.55 bits per heavy atom. The molecule has 0 bridgehead atoms. The van der Waals surface area contributed by atoms with E-state index in [0.717, 1.165) is 41.0 Å². The summed E-state index contributed by atoms with van der Waals surface area (Å²) in [4.78, 5) is 4.89. The number of fused-ring (bicyclic) bond motifs is 2. The molecule has 0 amide bonds. The maximum Gasteiger partial charge on any atom is 0.0732 e. The highest BCUT2D eigenvalue weighted by Gasteiger charge is 2.18. The fourth-order valence-corrected chi connectivity index (χ4v) is 7.68. The van der Waals surface area contributed by atoms with Crippen molar-refractivity contribution in [2.24, 2.45) is 0 Å². The Hall–Kier alpha value is -5.36. The van der Waals surface area contributed by atoms with Gasteiger partial charge in [-0.15, -0.1) is 17.8 Å². The number of rotatable bonds is 8. The summed E-state index contributed by atoms with van der Waals surface area (Å²) in [5.41, 5.74) is 10.7. The summed E-state index contributed by atoms with van der Waals surface area (Å²) >= 11 is 1.82. The third-order valence-corrected chi connectivity index (χ3v) is 10.2. The minimum absolute atomic E-state index is 0.127. The van der Waals surface area contributed by atoms with Crippen LogP contribution >= 0.6 is 11.3 Å². The lowest BCUT2D eigenvalue weighted by atomic mass is 9.93. The third kappa shape index (κ3) is 6.36. The van der Waals surface area contributed by atoms with Gasteiger partial charge in [-0.25, -0.2) is 0 Å². The minimum atomic E-state index is -0.127. The molecule has 0 radical (unpaired) electrons. The first-order chi connectivity index (χ1) is 23.1. The second-order valence-corrected chi connectivity index (χ2v) is 13.2. The molecule has 0 fully saturated rings. The van der Waals surface area contributed by atoms with Gasteiger partial charge < -0.3 is 4.90 Å². The number of allylic oxidation sites excluding steroid dienone is 5. The Bertz CT molecular complexity index is 2160. The van der Waals surface area contributed by atoms with Gasteiger partial charge in [-0.1, -0.05) is 115 Å². The van der Waals surface area contributed by atoms with E-state index in [1.54, 1.807) is 0 Å². The lowest BCUT2D eigenvalue weighted by Crippen LogP contribution is -2.11. The van der Waals surface area contributed by atoms with Crippen LogP contribution < -0.4 is 4.90 Å². The van der Waals surface area contributed by atoms with E-state index in [9.17, 15) is 0 Å². The number of anilines is 3. The molecule has 0 N–H and O–H groups in total. The molecule has 0 saturated carbocycles. The van der Waals surface area contributed by atoms with Crippen LogP contribution in [0.4, 0.5) is 17.1 Å². The number of thiophene rings is 1. The zero-order chi connectivity index (χ0) is 32.2. The SMILES string of the molecule is C#CC(/C=C(\C=C(/C)c1cccc2ccccc12)c1ccc(N(c2ccccc2)c2ccccc2C)cc1)c1cc2c(s1)C=CCC2. The first kappa shape index (κ1) is 30.3. The highest BCUT2D eigenvalue weighted by atomic mass is 32.1. The molecule has 228 valence electrons. The Labute approximate surface area is 282 Å². The normalized spacial score (nSPS) is 13.6. The number of aryl methyl sites for hydroxylation is 2. The van der Waals surface area contributed by atoms with Crippen molar-refractivity contribution in [3.8, 4) is 12.3 Å². The zero-order valence-electron chi connectivity index (χ0n) is 26.9. The standard InChI is InChI=1S/C45H37NS/c1-4-34(45-31-37-17-10-13-24-44(37)47-45)30-38(29-33(3)41-22-14-18-36-16-9-11-21-42(36)41)35-25-27-40(28-26-35)46(39-19-6-5-7-20-39)43-23-12-8-15-32(43)2/h1,5-9,11-16,18-31,34H,10,17H2,2-3H3/b33-29+,38-30+. The van der Waals surface area contributed by atoms with Crippen LogP contribution in [0, 0.1) is 19.3 Å². The molecule has 0 aliphatic heterocycles. The summed E-state index contributed by atoms with van der Waals surface area (Å²) in [6, 6.07) is 45.5. The number of hydrogen-bond donors (Lipinski definition) is 0. The molecule has 2 heteroatoms. The highest BCUT2D eigenvalue weighted by molar-refractivity contribution is 7.13. The van der Waals surface area contributed by atoms with E-state index in [2.05, 4.69) is 176 Å². The van der Waals surface area contributed by atoms with Gasteiger partial charge in [-0.3, -0.25) is 0 Å². The van der Waals surface area contributed by atoms with Crippen LogP contribution in [0.15, 0.2) is 146 Å². The van der Waals surface area contributed by atoms with Crippen molar-refractivity contribution in [2.75, 3.05) is 4.90 Å². The van der Waals surface area contributed by atoms with Crippen molar-refractivity contribution in [3.63, 3.8) is 0 Å². The van der Waals surface area contributed by atoms with Gasteiger partial charge in [-0.2, -0.15) is 0 Å². The van der Waals surface area contributed by atoms with Crippen molar-refractivity contribution < 1.29 is 0 Å². The van der Waals surface area contributed by atoms with Gasteiger partial charge >= 0.3 is 0 Å². The topological polar surface area (TPSA) is 3.24 Å². The fourth-order valence-electron chi connectivity index (χ4n) is 6.51. The van der Waals surface area contributed by atoms with E-state index in [-0.39, 0.29) is 5.92 Å².